The second-order valence-electron chi connectivity index (χ2n) is 5.58. The molecule has 0 aliphatic heterocycles. The second kappa shape index (κ2) is 5.32. The Kier molecular flexibility index (Phi) is 3.53. The molecule has 2 heterocycles. The summed E-state index contributed by atoms with van der Waals surface area (Å²) in [6.45, 7) is 1.97. The molecule has 20 heavy (non-hydrogen) atoms. The first kappa shape index (κ1) is 13.2. The van der Waals surface area contributed by atoms with E-state index in [1.165, 1.54) is 12.3 Å². The summed E-state index contributed by atoms with van der Waals surface area (Å²) in [5.74, 6) is 1.05. The molecule has 0 bridgehead atoms. The predicted octanol–water partition coefficient (Wildman–Crippen LogP) is 2.90. The highest BCUT2D eigenvalue weighted by Crippen LogP contribution is 2.32. The van der Waals surface area contributed by atoms with Gasteiger partial charge in [-0.1, -0.05) is 6.42 Å². The Morgan fingerprint density at radius 2 is 2.20 bits per heavy atom. The Morgan fingerprint density at radius 1 is 1.35 bits per heavy atom. The minimum Gasteiger partial charge on any atom is -0.345 e. The van der Waals surface area contributed by atoms with Crippen molar-refractivity contribution in [1.29, 1.82) is 0 Å². The largest absolute Gasteiger partial charge is 0.345 e. The summed E-state index contributed by atoms with van der Waals surface area (Å²) in [4.78, 5) is 12.1. The van der Waals surface area contributed by atoms with E-state index < -0.39 is 0 Å². The van der Waals surface area contributed by atoms with Gasteiger partial charge >= 0.3 is 0 Å². The van der Waals surface area contributed by atoms with Crippen molar-refractivity contribution < 1.29 is 4.39 Å². The first-order valence-electron chi connectivity index (χ1n) is 7.07. The Morgan fingerprint density at radius 3 is 2.90 bits per heavy atom. The van der Waals surface area contributed by atoms with Crippen LogP contribution < -0.4 is 5.73 Å². The lowest BCUT2D eigenvalue weighted by Gasteiger charge is -2.24. The number of aromatic nitrogens is 3. The quantitative estimate of drug-likeness (QED) is 0.884. The van der Waals surface area contributed by atoms with Gasteiger partial charge in [-0.05, 0) is 38.3 Å². The number of nitrogens with one attached hydrogen (secondary N) is 1. The van der Waals surface area contributed by atoms with E-state index in [1.54, 1.807) is 6.07 Å². The highest BCUT2D eigenvalue weighted by Gasteiger charge is 2.24. The van der Waals surface area contributed by atoms with Crippen molar-refractivity contribution in [3.05, 3.63) is 35.7 Å². The van der Waals surface area contributed by atoms with Gasteiger partial charge in [0.25, 0.3) is 0 Å². The zero-order valence-electron chi connectivity index (χ0n) is 11.6. The fourth-order valence-corrected chi connectivity index (χ4v) is 2.92. The van der Waals surface area contributed by atoms with Gasteiger partial charge in [0.05, 0.1) is 11.9 Å². The van der Waals surface area contributed by atoms with E-state index in [0.29, 0.717) is 11.6 Å². The summed E-state index contributed by atoms with van der Waals surface area (Å²) in [5.41, 5.74) is 8.52. The number of nitrogens with zero attached hydrogens (tertiary/aromatic N) is 2. The van der Waals surface area contributed by atoms with Gasteiger partial charge in [-0.3, -0.25) is 4.98 Å². The lowest BCUT2D eigenvalue weighted by atomic mass is 9.86. The molecule has 0 saturated heterocycles. The maximum atomic E-state index is 12.9. The number of nitrogens with two attached hydrogens (primary N) is 1. The van der Waals surface area contributed by atoms with Crippen LogP contribution in [0.15, 0.2) is 18.3 Å². The molecule has 3 rings (SSSR count). The third-order valence-electron chi connectivity index (χ3n) is 3.97. The van der Waals surface area contributed by atoms with E-state index in [1.807, 2.05) is 6.92 Å². The normalized spacial score (nSPS) is 22.9. The second-order valence-corrected chi connectivity index (χ2v) is 5.58. The summed E-state index contributed by atoms with van der Waals surface area (Å²) < 4.78 is 12.9. The van der Waals surface area contributed by atoms with E-state index in [-0.39, 0.29) is 11.9 Å². The molecule has 2 atom stereocenters. The fraction of sp³-hybridized carbons (Fsp3) is 0.467. The average Bonchev–Trinajstić information content (AvgIpc) is 2.82. The zero-order valence-corrected chi connectivity index (χ0v) is 11.6. The summed E-state index contributed by atoms with van der Waals surface area (Å²) in [6, 6.07) is 3.34. The third kappa shape index (κ3) is 2.58. The van der Waals surface area contributed by atoms with E-state index in [0.717, 1.165) is 42.9 Å². The predicted molar refractivity (Wildman–Crippen MR) is 75.7 cm³/mol. The smallest absolute Gasteiger partial charge is 0.141 e. The Bertz CT molecular complexity index is 590. The molecule has 2 aromatic rings. The third-order valence-corrected chi connectivity index (χ3v) is 3.97. The lowest BCUT2D eigenvalue weighted by Crippen LogP contribution is -2.27. The van der Waals surface area contributed by atoms with Gasteiger partial charge < -0.3 is 10.7 Å². The topological polar surface area (TPSA) is 67.6 Å². The lowest BCUT2D eigenvalue weighted by molar-refractivity contribution is 0.383. The van der Waals surface area contributed by atoms with Gasteiger partial charge in [0.1, 0.15) is 17.3 Å². The molecule has 2 aromatic heterocycles. The van der Waals surface area contributed by atoms with Crippen molar-refractivity contribution >= 4 is 0 Å². The molecular formula is C15H19FN4. The van der Waals surface area contributed by atoms with Crippen LogP contribution in [0.25, 0.3) is 11.4 Å². The number of halogens is 1. The van der Waals surface area contributed by atoms with Gasteiger partial charge in [0.15, 0.2) is 0 Å². The van der Waals surface area contributed by atoms with Crippen LogP contribution in [0.4, 0.5) is 4.39 Å². The maximum Gasteiger partial charge on any atom is 0.141 e. The summed E-state index contributed by atoms with van der Waals surface area (Å²) in [5, 5.41) is 0. The van der Waals surface area contributed by atoms with Crippen LogP contribution >= 0.6 is 0 Å². The Hall–Kier alpha value is -1.75. The van der Waals surface area contributed by atoms with Crippen molar-refractivity contribution in [3.8, 4) is 11.4 Å². The number of aromatic amines is 1. The van der Waals surface area contributed by atoms with Crippen LogP contribution in [-0.2, 0) is 0 Å². The number of pyridine rings is 1. The number of hydrogen-bond acceptors (Lipinski definition) is 3. The highest BCUT2D eigenvalue weighted by atomic mass is 19.1. The van der Waals surface area contributed by atoms with Crippen molar-refractivity contribution in [2.75, 3.05) is 0 Å². The minimum atomic E-state index is -0.333. The SMILES string of the molecule is Cc1[nH]c(C2CCCC(N)C2)nc1-c1ccc(F)cn1. The number of imidazole rings is 1. The molecule has 1 aliphatic carbocycles. The molecule has 0 spiro atoms. The molecular weight excluding hydrogens is 255 g/mol. The van der Waals surface area contributed by atoms with Crippen LogP contribution in [0.2, 0.25) is 0 Å². The molecule has 3 N–H and O–H groups in total. The molecule has 5 heteroatoms. The van der Waals surface area contributed by atoms with Crippen molar-refractivity contribution in [2.45, 2.75) is 44.6 Å². The van der Waals surface area contributed by atoms with Crippen molar-refractivity contribution in [2.24, 2.45) is 5.73 Å². The van der Waals surface area contributed by atoms with Gasteiger partial charge in [-0.25, -0.2) is 9.37 Å². The van der Waals surface area contributed by atoms with Gasteiger partial charge in [0, 0.05) is 17.7 Å². The zero-order chi connectivity index (χ0) is 14.1. The average molecular weight is 274 g/mol. The van der Waals surface area contributed by atoms with E-state index in [2.05, 4.69) is 15.0 Å². The Balaban J connectivity index is 1.88. The molecule has 106 valence electrons. The number of H-pyrrole nitrogens is 1. The van der Waals surface area contributed by atoms with E-state index in [4.69, 9.17) is 5.73 Å². The monoisotopic (exact) mass is 274 g/mol. The van der Waals surface area contributed by atoms with Crippen LogP contribution in [0, 0.1) is 12.7 Å². The Labute approximate surface area is 117 Å². The summed E-state index contributed by atoms with van der Waals surface area (Å²) in [6.07, 6.45) is 5.57. The van der Waals surface area contributed by atoms with Crippen LogP contribution in [0.5, 0.6) is 0 Å². The van der Waals surface area contributed by atoms with Crippen molar-refractivity contribution in [3.63, 3.8) is 0 Å². The highest BCUT2D eigenvalue weighted by molar-refractivity contribution is 5.57. The van der Waals surface area contributed by atoms with Crippen LogP contribution in [0.3, 0.4) is 0 Å². The maximum absolute atomic E-state index is 12.9. The molecule has 4 nitrogen and oxygen atoms in total. The van der Waals surface area contributed by atoms with Gasteiger partial charge in [-0.15, -0.1) is 0 Å². The molecule has 0 radical (unpaired) electrons. The number of hydrogen-bond donors (Lipinski definition) is 2. The summed E-state index contributed by atoms with van der Waals surface area (Å²) in [7, 11) is 0. The molecule has 1 aliphatic rings. The first-order valence-corrected chi connectivity index (χ1v) is 7.07. The molecule has 0 amide bonds. The molecule has 1 fully saturated rings. The summed E-state index contributed by atoms with van der Waals surface area (Å²) >= 11 is 0. The first-order chi connectivity index (χ1) is 9.63. The number of aryl methyl sites for hydroxylation is 1. The van der Waals surface area contributed by atoms with E-state index in [9.17, 15) is 4.39 Å². The molecule has 2 unspecified atom stereocenters. The minimum absolute atomic E-state index is 0.270. The van der Waals surface area contributed by atoms with Crippen LogP contribution in [-0.4, -0.2) is 21.0 Å². The fourth-order valence-electron chi connectivity index (χ4n) is 2.92. The standard InChI is InChI=1S/C15H19FN4/c1-9-14(13-6-5-11(16)8-18-13)20-15(19-9)10-3-2-4-12(17)7-10/h5-6,8,10,12H,2-4,7,17H2,1H3,(H,19,20). The van der Waals surface area contributed by atoms with Crippen LogP contribution in [0.1, 0.15) is 43.1 Å². The van der Waals surface area contributed by atoms with Gasteiger partial charge in [-0.2, -0.15) is 0 Å². The van der Waals surface area contributed by atoms with Crippen molar-refractivity contribution in [1.82, 2.24) is 15.0 Å². The van der Waals surface area contributed by atoms with Gasteiger partial charge in [0.2, 0.25) is 0 Å². The number of rotatable bonds is 2. The molecule has 0 aromatic carbocycles. The van der Waals surface area contributed by atoms with E-state index >= 15 is 0 Å². The molecule has 1 saturated carbocycles.